The summed E-state index contributed by atoms with van der Waals surface area (Å²) >= 11 is 0. The number of rotatable bonds is 3. The Morgan fingerprint density at radius 3 is 3.00 bits per heavy atom. The molecule has 0 aliphatic heterocycles. The van der Waals surface area contributed by atoms with E-state index < -0.39 is 6.29 Å². The van der Waals surface area contributed by atoms with Gasteiger partial charge >= 0.3 is 0 Å². The molecule has 2 nitrogen and oxygen atoms in total. The van der Waals surface area contributed by atoms with E-state index in [1.807, 2.05) is 0 Å². The van der Waals surface area contributed by atoms with Crippen LogP contribution in [0.1, 0.15) is 33.1 Å². The first-order valence-corrected chi connectivity index (χ1v) is 4.76. The topological polar surface area (TPSA) is 29.5 Å². The molecule has 2 heteroatoms. The molecule has 0 aromatic heterocycles. The summed E-state index contributed by atoms with van der Waals surface area (Å²) < 4.78 is 5.40. The van der Waals surface area contributed by atoms with Crippen molar-refractivity contribution in [1.29, 1.82) is 0 Å². The second kappa shape index (κ2) is 4.58. The van der Waals surface area contributed by atoms with Gasteiger partial charge in [0.2, 0.25) is 0 Å². The molecule has 0 amide bonds. The molecule has 0 radical (unpaired) electrons. The minimum absolute atomic E-state index is 0.0699. The fourth-order valence-corrected chi connectivity index (χ4v) is 1.46. The Morgan fingerprint density at radius 1 is 1.77 bits per heavy atom. The van der Waals surface area contributed by atoms with E-state index in [9.17, 15) is 5.11 Å². The predicted molar refractivity (Wildman–Crippen MR) is 53.3 cm³/mol. The van der Waals surface area contributed by atoms with E-state index >= 15 is 0 Å². The Labute approximate surface area is 79.9 Å². The highest BCUT2D eigenvalue weighted by molar-refractivity contribution is 5.06. The van der Waals surface area contributed by atoms with Crippen LogP contribution >= 0.6 is 0 Å². The smallest absolute Gasteiger partial charge is 0.177 e. The van der Waals surface area contributed by atoms with E-state index in [2.05, 4.69) is 19.6 Å². The second-order valence-electron chi connectivity index (χ2n) is 3.78. The van der Waals surface area contributed by atoms with Gasteiger partial charge in [-0.15, -0.1) is 0 Å². The average Bonchev–Trinajstić information content (AvgIpc) is 2.04. The molecule has 0 bridgehead atoms. The highest BCUT2D eigenvalue weighted by Gasteiger charge is 2.15. The molecule has 0 saturated carbocycles. The molecule has 0 aromatic carbocycles. The summed E-state index contributed by atoms with van der Waals surface area (Å²) in [6.45, 7) is 7.51. The summed E-state index contributed by atoms with van der Waals surface area (Å²) in [7, 11) is 0. The standard InChI is InChI=1S/C11H18O2/c1-8(2)11(12)13-10-6-4-5-9(3)7-10/h7,10-12H,1,4-6H2,2-3H3. The van der Waals surface area contributed by atoms with Crippen molar-refractivity contribution >= 4 is 0 Å². The molecule has 0 heterocycles. The van der Waals surface area contributed by atoms with Crippen LogP contribution in [0.5, 0.6) is 0 Å². The van der Waals surface area contributed by atoms with Gasteiger partial charge in [0, 0.05) is 0 Å². The zero-order valence-corrected chi connectivity index (χ0v) is 8.42. The van der Waals surface area contributed by atoms with Gasteiger partial charge in [0.25, 0.3) is 0 Å². The van der Waals surface area contributed by atoms with Gasteiger partial charge in [-0.1, -0.05) is 18.2 Å². The zero-order chi connectivity index (χ0) is 9.84. The number of aliphatic hydroxyl groups excluding tert-OH is 1. The van der Waals surface area contributed by atoms with Crippen LogP contribution in [0.25, 0.3) is 0 Å². The SMILES string of the molecule is C=C(C)C(O)OC1C=C(C)CCC1. The van der Waals surface area contributed by atoms with Gasteiger partial charge in [-0.2, -0.15) is 0 Å². The number of allylic oxidation sites excluding steroid dienone is 1. The van der Waals surface area contributed by atoms with E-state index in [1.165, 1.54) is 5.57 Å². The molecular weight excluding hydrogens is 164 g/mol. The van der Waals surface area contributed by atoms with Gasteiger partial charge in [-0.3, -0.25) is 0 Å². The largest absolute Gasteiger partial charge is 0.364 e. The van der Waals surface area contributed by atoms with Gasteiger partial charge in [0.15, 0.2) is 6.29 Å². The molecule has 0 saturated heterocycles. The molecule has 0 fully saturated rings. The molecule has 1 aliphatic rings. The minimum Gasteiger partial charge on any atom is -0.364 e. The van der Waals surface area contributed by atoms with Crippen LogP contribution in [0.4, 0.5) is 0 Å². The monoisotopic (exact) mass is 182 g/mol. The molecule has 1 aliphatic carbocycles. The third kappa shape index (κ3) is 3.33. The van der Waals surface area contributed by atoms with Crippen molar-refractivity contribution in [3.05, 3.63) is 23.8 Å². The molecule has 74 valence electrons. The van der Waals surface area contributed by atoms with Crippen LogP contribution in [-0.4, -0.2) is 17.5 Å². The highest BCUT2D eigenvalue weighted by Crippen LogP contribution is 2.21. The summed E-state index contributed by atoms with van der Waals surface area (Å²) in [6.07, 6.45) is 4.66. The van der Waals surface area contributed by atoms with Crippen LogP contribution in [-0.2, 0) is 4.74 Å². The van der Waals surface area contributed by atoms with Crippen molar-refractivity contribution in [2.24, 2.45) is 0 Å². The number of aliphatic hydroxyl groups is 1. The lowest BCUT2D eigenvalue weighted by Crippen LogP contribution is -2.22. The quantitative estimate of drug-likeness (QED) is 0.536. The molecule has 1 N–H and O–H groups in total. The van der Waals surface area contributed by atoms with Crippen LogP contribution in [0.15, 0.2) is 23.8 Å². The number of hydrogen-bond acceptors (Lipinski definition) is 2. The first kappa shape index (κ1) is 10.5. The Bertz CT molecular complexity index is 218. The van der Waals surface area contributed by atoms with Crippen molar-refractivity contribution in [2.45, 2.75) is 45.5 Å². The summed E-state index contributed by atoms with van der Waals surface area (Å²) in [6, 6.07) is 0. The van der Waals surface area contributed by atoms with E-state index in [0.29, 0.717) is 5.57 Å². The highest BCUT2D eigenvalue weighted by atomic mass is 16.6. The molecule has 2 unspecified atom stereocenters. The van der Waals surface area contributed by atoms with Crippen molar-refractivity contribution in [3.8, 4) is 0 Å². The molecular formula is C11H18O2. The summed E-state index contributed by atoms with van der Waals surface area (Å²) in [5, 5.41) is 9.41. The fraction of sp³-hybridized carbons (Fsp3) is 0.636. The summed E-state index contributed by atoms with van der Waals surface area (Å²) in [5.74, 6) is 0. The lowest BCUT2D eigenvalue weighted by Gasteiger charge is -2.23. The Morgan fingerprint density at radius 2 is 2.46 bits per heavy atom. The van der Waals surface area contributed by atoms with Gasteiger partial charge in [-0.05, 0) is 38.7 Å². The van der Waals surface area contributed by atoms with Crippen LogP contribution in [0.3, 0.4) is 0 Å². The maximum atomic E-state index is 9.41. The Kier molecular flexibility index (Phi) is 3.70. The van der Waals surface area contributed by atoms with E-state index in [4.69, 9.17) is 4.74 Å². The third-order valence-corrected chi connectivity index (χ3v) is 2.26. The zero-order valence-electron chi connectivity index (χ0n) is 8.42. The molecule has 0 spiro atoms. The van der Waals surface area contributed by atoms with Crippen LogP contribution in [0, 0.1) is 0 Å². The maximum absolute atomic E-state index is 9.41. The lowest BCUT2D eigenvalue weighted by molar-refractivity contribution is -0.0997. The van der Waals surface area contributed by atoms with E-state index in [1.54, 1.807) is 6.92 Å². The molecule has 13 heavy (non-hydrogen) atoms. The molecule has 1 rings (SSSR count). The lowest BCUT2D eigenvalue weighted by atomic mass is 9.99. The van der Waals surface area contributed by atoms with Crippen molar-refractivity contribution < 1.29 is 9.84 Å². The van der Waals surface area contributed by atoms with E-state index in [-0.39, 0.29) is 6.10 Å². The van der Waals surface area contributed by atoms with Gasteiger partial charge in [0.05, 0.1) is 6.10 Å². The van der Waals surface area contributed by atoms with Gasteiger partial charge < -0.3 is 9.84 Å². The van der Waals surface area contributed by atoms with E-state index in [0.717, 1.165) is 19.3 Å². The van der Waals surface area contributed by atoms with Crippen LogP contribution < -0.4 is 0 Å². The van der Waals surface area contributed by atoms with Gasteiger partial charge in [-0.25, -0.2) is 0 Å². The molecule has 0 aromatic rings. The van der Waals surface area contributed by atoms with Gasteiger partial charge in [0.1, 0.15) is 0 Å². The molecule has 2 atom stereocenters. The third-order valence-electron chi connectivity index (χ3n) is 2.26. The summed E-state index contributed by atoms with van der Waals surface area (Å²) in [4.78, 5) is 0. The van der Waals surface area contributed by atoms with Crippen LogP contribution in [0.2, 0.25) is 0 Å². The Hall–Kier alpha value is -0.600. The van der Waals surface area contributed by atoms with Crippen molar-refractivity contribution in [1.82, 2.24) is 0 Å². The number of hydrogen-bond donors (Lipinski definition) is 1. The second-order valence-corrected chi connectivity index (χ2v) is 3.78. The van der Waals surface area contributed by atoms with Crippen molar-refractivity contribution in [2.75, 3.05) is 0 Å². The average molecular weight is 182 g/mol. The van der Waals surface area contributed by atoms with Crippen molar-refractivity contribution in [3.63, 3.8) is 0 Å². The first-order chi connectivity index (χ1) is 6.09. The Balaban J connectivity index is 2.45. The fourth-order valence-electron chi connectivity index (χ4n) is 1.46. The first-order valence-electron chi connectivity index (χ1n) is 4.76. The normalized spacial score (nSPS) is 25.2. The predicted octanol–water partition coefficient (Wildman–Crippen LogP) is 2.40. The summed E-state index contributed by atoms with van der Waals surface area (Å²) in [5.41, 5.74) is 2.02. The minimum atomic E-state index is -0.813. The maximum Gasteiger partial charge on any atom is 0.177 e. The number of ether oxygens (including phenoxy) is 1.